The van der Waals surface area contributed by atoms with Gasteiger partial charge in [-0.15, -0.1) is 0 Å². The number of nitrogens with one attached hydrogen (secondary N) is 1. The van der Waals surface area contributed by atoms with Crippen molar-refractivity contribution in [3.8, 4) is 0 Å². The Morgan fingerprint density at radius 2 is 2.14 bits per heavy atom. The molecule has 0 spiro atoms. The highest BCUT2D eigenvalue weighted by Gasteiger charge is 2.25. The minimum atomic E-state index is -0.165. The largest absolute Gasteiger partial charge is 0.352 e. The third-order valence-electron chi connectivity index (χ3n) is 3.58. The molecule has 1 heterocycles. The van der Waals surface area contributed by atoms with Gasteiger partial charge < -0.3 is 10.2 Å². The van der Waals surface area contributed by atoms with Gasteiger partial charge in [0.25, 0.3) is 5.91 Å². The van der Waals surface area contributed by atoms with Crippen LogP contribution in [0.1, 0.15) is 55.7 Å². The van der Waals surface area contributed by atoms with Gasteiger partial charge in [0.2, 0.25) is 5.91 Å². The number of carbonyl (C=O) groups is 2. The molecule has 1 fully saturated rings. The zero-order valence-electron chi connectivity index (χ0n) is 13.2. The molecule has 1 aromatic heterocycles. The Bertz CT molecular complexity index is 532. The fourth-order valence-electron chi connectivity index (χ4n) is 2.12. The van der Waals surface area contributed by atoms with E-state index in [9.17, 15) is 9.59 Å². The first-order chi connectivity index (χ1) is 9.92. The average molecular weight is 292 g/mol. The van der Waals surface area contributed by atoms with E-state index in [1.54, 1.807) is 11.7 Å². The summed E-state index contributed by atoms with van der Waals surface area (Å²) in [4.78, 5) is 25.7. The van der Waals surface area contributed by atoms with Crippen molar-refractivity contribution in [1.82, 2.24) is 20.0 Å². The number of nitrogens with zero attached hydrogens (tertiary/aromatic N) is 3. The minimum Gasteiger partial charge on any atom is -0.352 e. The summed E-state index contributed by atoms with van der Waals surface area (Å²) in [5.41, 5.74) is 1.44. The molecule has 0 radical (unpaired) electrons. The van der Waals surface area contributed by atoms with Gasteiger partial charge in [-0.1, -0.05) is 13.8 Å². The SMILES string of the molecule is CCn1nc(C(C)C)cc1C(=O)N(C)CC(=O)NC1CC1. The summed E-state index contributed by atoms with van der Waals surface area (Å²) >= 11 is 0. The quantitative estimate of drug-likeness (QED) is 0.861. The average Bonchev–Trinajstić information content (AvgIpc) is 3.12. The Labute approximate surface area is 125 Å². The predicted molar refractivity (Wildman–Crippen MR) is 80.1 cm³/mol. The van der Waals surface area contributed by atoms with Crippen LogP contribution >= 0.6 is 0 Å². The fourth-order valence-corrected chi connectivity index (χ4v) is 2.12. The first kappa shape index (κ1) is 15.5. The topological polar surface area (TPSA) is 67.2 Å². The monoisotopic (exact) mass is 292 g/mol. The van der Waals surface area contributed by atoms with Gasteiger partial charge in [-0.25, -0.2) is 0 Å². The molecule has 0 saturated heterocycles. The second kappa shape index (κ2) is 6.28. The van der Waals surface area contributed by atoms with Gasteiger partial charge in [-0.2, -0.15) is 5.10 Å². The molecule has 0 bridgehead atoms. The number of hydrogen-bond donors (Lipinski definition) is 1. The maximum absolute atomic E-state index is 12.5. The smallest absolute Gasteiger partial charge is 0.272 e. The van der Waals surface area contributed by atoms with Crippen LogP contribution in [0.4, 0.5) is 0 Å². The molecule has 0 aliphatic heterocycles. The second-order valence-corrected chi connectivity index (χ2v) is 5.93. The molecule has 116 valence electrons. The summed E-state index contributed by atoms with van der Waals surface area (Å²) in [7, 11) is 1.65. The summed E-state index contributed by atoms with van der Waals surface area (Å²) in [6.07, 6.45) is 2.09. The van der Waals surface area contributed by atoms with Gasteiger partial charge in [-0.3, -0.25) is 14.3 Å². The van der Waals surface area contributed by atoms with Gasteiger partial charge in [0.1, 0.15) is 5.69 Å². The Morgan fingerprint density at radius 1 is 1.48 bits per heavy atom. The van der Waals surface area contributed by atoms with Crippen LogP contribution in [0.5, 0.6) is 0 Å². The van der Waals surface area contributed by atoms with Crippen molar-refractivity contribution >= 4 is 11.8 Å². The van der Waals surface area contributed by atoms with Crippen molar-refractivity contribution in [1.29, 1.82) is 0 Å². The number of amides is 2. The number of aryl methyl sites for hydroxylation is 1. The molecular weight excluding hydrogens is 268 g/mol. The highest BCUT2D eigenvalue weighted by molar-refractivity contribution is 5.95. The van der Waals surface area contributed by atoms with Crippen LogP contribution in [0.3, 0.4) is 0 Å². The third kappa shape index (κ3) is 3.83. The number of likely N-dealkylation sites (N-methyl/N-ethyl adjacent to an activating group) is 1. The van der Waals surface area contributed by atoms with Gasteiger partial charge in [0, 0.05) is 19.6 Å². The van der Waals surface area contributed by atoms with Crippen LogP contribution in [0.15, 0.2) is 6.07 Å². The molecule has 6 heteroatoms. The highest BCUT2D eigenvalue weighted by Crippen LogP contribution is 2.18. The molecule has 0 atom stereocenters. The van der Waals surface area contributed by atoms with Crippen molar-refractivity contribution in [2.45, 2.75) is 52.1 Å². The lowest BCUT2D eigenvalue weighted by atomic mass is 10.1. The van der Waals surface area contributed by atoms with Crippen molar-refractivity contribution in [2.75, 3.05) is 13.6 Å². The summed E-state index contributed by atoms with van der Waals surface area (Å²) in [5, 5.41) is 7.33. The van der Waals surface area contributed by atoms with E-state index in [4.69, 9.17) is 0 Å². The fraction of sp³-hybridized carbons (Fsp3) is 0.667. The van der Waals surface area contributed by atoms with Crippen LogP contribution in [-0.4, -0.2) is 46.1 Å². The molecule has 1 saturated carbocycles. The zero-order valence-corrected chi connectivity index (χ0v) is 13.2. The second-order valence-electron chi connectivity index (χ2n) is 5.93. The van der Waals surface area contributed by atoms with Gasteiger partial charge >= 0.3 is 0 Å². The van der Waals surface area contributed by atoms with Crippen LogP contribution in [0, 0.1) is 0 Å². The summed E-state index contributed by atoms with van der Waals surface area (Å²) in [5.74, 6) is 0.00927. The molecule has 1 aromatic rings. The lowest BCUT2D eigenvalue weighted by Gasteiger charge is -2.17. The Kier molecular flexibility index (Phi) is 4.65. The van der Waals surface area contributed by atoms with E-state index in [0.29, 0.717) is 18.3 Å². The number of carbonyl (C=O) groups excluding carboxylic acids is 2. The van der Waals surface area contributed by atoms with Gasteiger partial charge in [0.05, 0.1) is 12.2 Å². The van der Waals surface area contributed by atoms with Gasteiger partial charge in [-0.05, 0) is 31.7 Å². The van der Waals surface area contributed by atoms with E-state index in [1.165, 1.54) is 4.90 Å². The van der Waals surface area contributed by atoms with Crippen molar-refractivity contribution in [3.05, 3.63) is 17.5 Å². The van der Waals surface area contributed by atoms with E-state index >= 15 is 0 Å². The molecule has 1 aliphatic carbocycles. The summed E-state index contributed by atoms with van der Waals surface area (Å²) in [6.45, 7) is 6.76. The lowest BCUT2D eigenvalue weighted by Crippen LogP contribution is -2.39. The molecule has 2 amide bonds. The third-order valence-corrected chi connectivity index (χ3v) is 3.58. The molecule has 0 aromatic carbocycles. The van der Waals surface area contributed by atoms with Crippen LogP contribution in [0.25, 0.3) is 0 Å². The molecule has 0 unspecified atom stereocenters. The van der Waals surface area contributed by atoms with Crippen LogP contribution in [0.2, 0.25) is 0 Å². The maximum Gasteiger partial charge on any atom is 0.272 e. The molecular formula is C15H24N4O2. The van der Waals surface area contributed by atoms with E-state index < -0.39 is 0 Å². The maximum atomic E-state index is 12.5. The number of hydrogen-bond acceptors (Lipinski definition) is 3. The van der Waals surface area contributed by atoms with E-state index in [1.807, 2.05) is 26.8 Å². The first-order valence-corrected chi connectivity index (χ1v) is 7.55. The van der Waals surface area contributed by atoms with E-state index in [0.717, 1.165) is 18.5 Å². The van der Waals surface area contributed by atoms with Crippen molar-refractivity contribution in [3.63, 3.8) is 0 Å². The van der Waals surface area contributed by atoms with Crippen molar-refractivity contribution < 1.29 is 9.59 Å². The minimum absolute atomic E-state index is 0.0846. The standard InChI is InChI=1S/C15H24N4O2/c1-5-19-13(8-12(17-19)10(2)3)15(21)18(4)9-14(20)16-11-6-7-11/h8,10-11H,5-7,9H2,1-4H3,(H,16,20). The van der Waals surface area contributed by atoms with E-state index in [2.05, 4.69) is 10.4 Å². The number of rotatable bonds is 6. The van der Waals surface area contributed by atoms with E-state index in [-0.39, 0.29) is 24.3 Å². The highest BCUT2D eigenvalue weighted by atomic mass is 16.2. The molecule has 21 heavy (non-hydrogen) atoms. The Balaban J connectivity index is 2.05. The number of aromatic nitrogens is 2. The first-order valence-electron chi connectivity index (χ1n) is 7.55. The summed E-state index contributed by atoms with van der Waals surface area (Å²) in [6, 6.07) is 2.14. The van der Waals surface area contributed by atoms with Crippen molar-refractivity contribution in [2.24, 2.45) is 0 Å². The lowest BCUT2D eigenvalue weighted by molar-refractivity contribution is -0.121. The molecule has 2 rings (SSSR count). The van der Waals surface area contributed by atoms with Gasteiger partial charge in [0.15, 0.2) is 0 Å². The zero-order chi connectivity index (χ0) is 15.6. The Morgan fingerprint density at radius 3 is 2.67 bits per heavy atom. The normalized spacial score (nSPS) is 14.3. The molecule has 1 aliphatic rings. The Hall–Kier alpha value is -1.85. The predicted octanol–water partition coefficient (Wildman–Crippen LogP) is 1.38. The van der Waals surface area contributed by atoms with Crippen LogP contribution in [-0.2, 0) is 11.3 Å². The van der Waals surface area contributed by atoms with Crippen LogP contribution < -0.4 is 5.32 Å². The molecule has 6 nitrogen and oxygen atoms in total. The molecule has 1 N–H and O–H groups in total. The summed E-state index contributed by atoms with van der Waals surface area (Å²) < 4.78 is 1.70.